The van der Waals surface area contributed by atoms with Gasteiger partial charge in [0.05, 0.1) is 31.5 Å². The number of rotatable bonds is 14. The maximum atomic E-state index is 11.5. The first-order valence-corrected chi connectivity index (χ1v) is 18.4. The zero-order valence-electron chi connectivity index (χ0n) is 31.7. The molecule has 3 N–H and O–H groups in total. The number of carboxylic acid groups (broad SMARTS) is 2. The van der Waals surface area contributed by atoms with Crippen LogP contribution in [0.3, 0.4) is 0 Å². The molecule has 1 aliphatic carbocycles. The molecule has 12 heteroatoms. The van der Waals surface area contributed by atoms with Crippen LogP contribution in [0, 0.1) is 0 Å². The van der Waals surface area contributed by atoms with Gasteiger partial charge in [-0.25, -0.2) is 9.59 Å². The third-order valence-electron chi connectivity index (χ3n) is 9.47. The molecule has 1 saturated carbocycles. The minimum absolute atomic E-state index is 0.00979. The number of phenols is 1. The van der Waals surface area contributed by atoms with Crippen molar-refractivity contribution in [2.45, 2.75) is 44.9 Å². The first-order chi connectivity index (χ1) is 27.7. The fourth-order valence-corrected chi connectivity index (χ4v) is 6.58. The van der Waals surface area contributed by atoms with Gasteiger partial charge in [-0.3, -0.25) is 9.97 Å². The van der Waals surface area contributed by atoms with Gasteiger partial charge in [0.1, 0.15) is 0 Å². The van der Waals surface area contributed by atoms with Crippen LogP contribution in [0.15, 0.2) is 134 Å². The number of phenolic OH excluding ortho intramolecular Hbond substituents is 1. The largest absolute Gasteiger partial charge is 0.504 e. The molecule has 6 aromatic rings. The quantitative estimate of drug-likeness (QED) is 0.0967. The van der Waals surface area contributed by atoms with Gasteiger partial charge in [-0.1, -0.05) is 24.3 Å². The molecule has 2 heterocycles. The van der Waals surface area contributed by atoms with Gasteiger partial charge in [-0.2, -0.15) is 0 Å². The molecule has 1 aliphatic rings. The van der Waals surface area contributed by atoms with Crippen LogP contribution in [0.25, 0.3) is 0 Å². The predicted molar refractivity (Wildman–Crippen MR) is 217 cm³/mol. The van der Waals surface area contributed by atoms with Crippen LogP contribution < -0.4 is 24.0 Å². The lowest BCUT2D eigenvalue weighted by molar-refractivity contribution is 0.0686. The molecule has 1 fully saturated rings. The van der Waals surface area contributed by atoms with E-state index in [2.05, 4.69) is 14.9 Å². The Morgan fingerprint density at radius 3 is 1.56 bits per heavy atom. The summed E-state index contributed by atoms with van der Waals surface area (Å²) in [4.78, 5) is 35.2. The van der Waals surface area contributed by atoms with Gasteiger partial charge in [0.25, 0.3) is 0 Å². The Balaban J connectivity index is 0.000000196. The molecule has 12 nitrogen and oxygen atoms in total. The van der Waals surface area contributed by atoms with E-state index in [1.807, 2.05) is 71.8 Å². The highest BCUT2D eigenvalue weighted by molar-refractivity contribution is 5.90. The second kappa shape index (κ2) is 19.0. The summed E-state index contributed by atoms with van der Waals surface area (Å²) >= 11 is 0. The first-order valence-electron chi connectivity index (χ1n) is 18.4. The van der Waals surface area contributed by atoms with E-state index < -0.39 is 11.9 Å². The molecule has 292 valence electrons. The smallest absolute Gasteiger partial charge is 0.335 e. The number of carbonyl (C=O) groups is 2. The van der Waals surface area contributed by atoms with E-state index in [0.717, 1.165) is 35.3 Å². The SMILES string of the molecule is COc1ccc(N(Cc2cccnc2)c2cccc(C(=O)O)c2)cc1O.COc1ccc(N(Cc2cccnc2)c2cccc(C(=O)O)c2)cc1OC1CCCC1. The van der Waals surface area contributed by atoms with Crippen LogP contribution in [0.1, 0.15) is 57.5 Å². The number of hydrogen-bond donors (Lipinski definition) is 3. The van der Waals surface area contributed by atoms with Gasteiger partial charge in [-0.05, 0) is 110 Å². The Kier molecular flexibility index (Phi) is 13.2. The fraction of sp³-hybridized carbons (Fsp3) is 0.200. The molecule has 0 bridgehead atoms. The van der Waals surface area contributed by atoms with Crippen molar-refractivity contribution in [1.29, 1.82) is 0 Å². The number of aromatic hydroxyl groups is 1. The highest BCUT2D eigenvalue weighted by Crippen LogP contribution is 2.38. The molecule has 0 atom stereocenters. The van der Waals surface area contributed by atoms with Crippen LogP contribution in [0.2, 0.25) is 0 Å². The molecule has 0 unspecified atom stereocenters. The topological polar surface area (TPSA) is 155 Å². The number of hydrogen-bond acceptors (Lipinski definition) is 10. The molecule has 4 aromatic carbocycles. The molecule has 0 saturated heterocycles. The summed E-state index contributed by atoms with van der Waals surface area (Å²) in [5.74, 6) is -0.174. The van der Waals surface area contributed by atoms with Gasteiger partial charge < -0.3 is 39.3 Å². The molecule has 0 aliphatic heterocycles. The maximum Gasteiger partial charge on any atom is 0.335 e. The Bertz CT molecular complexity index is 2270. The van der Waals surface area contributed by atoms with Crippen molar-refractivity contribution in [3.63, 3.8) is 0 Å². The molecule has 0 spiro atoms. The number of carboxylic acids is 2. The summed E-state index contributed by atoms with van der Waals surface area (Å²) in [5.41, 5.74) is 5.45. The van der Waals surface area contributed by atoms with Crippen molar-refractivity contribution in [3.8, 4) is 23.0 Å². The zero-order chi connectivity index (χ0) is 40.1. The van der Waals surface area contributed by atoms with Crippen molar-refractivity contribution in [3.05, 3.63) is 156 Å². The zero-order valence-corrected chi connectivity index (χ0v) is 31.7. The summed E-state index contributed by atoms with van der Waals surface area (Å²) in [6, 6.07) is 32.2. The molecular formula is C45H44N4O8. The van der Waals surface area contributed by atoms with E-state index in [0.29, 0.717) is 41.7 Å². The van der Waals surface area contributed by atoms with E-state index in [4.69, 9.17) is 14.2 Å². The fourth-order valence-electron chi connectivity index (χ4n) is 6.58. The van der Waals surface area contributed by atoms with E-state index in [1.54, 1.807) is 74.2 Å². The van der Waals surface area contributed by atoms with E-state index in [1.165, 1.54) is 20.0 Å². The van der Waals surface area contributed by atoms with Crippen molar-refractivity contribution in [2.24, 2.45) is 0 Å². The normalized spacial score (nSPS) is 12.2. The maximum absolute atomic E-state index is 11.5. The average molecular weight is 769 g/mol. The lowest BCUT2D eigenvalue weighted by Gasteiger charge is -2.27. The van der Waals surface area contributed by atoms with Crippen molar-refractivity contribution in [2.75, 3.05) is 24.0 Å². The first kappa shape index (κ1) is 39.6. The van der Waals surface area contributed by atoms with E-state index in [-0.39, 0.29) is 23.0 Å². The van der Waals surface area contributed by atoms with Crippen LogP contribution >= 0.6 is 0 Å². The van der Waals surface area contributed by atoms with E-state index in [9.17, 15) is 24.9 Å². The van der Waals surface area contributed by atoms with Crippen LogP contribution in [0.5, 0.6) is 23.0 Å². The van der Waals surface area contributed by atoms with Gasteiger partial charge in [0.15, 0.2) is 23.0 Å². The summed E-state index contributed by atoms with van der Waals surface area (Å²) in [7, 11) is 3.12. The number of anilines is 4. The lowest BCUT2D eigenvalue weighted by atomic mass is 10.1. The Hall–Kier alpha value is -7.08. The second-order valence-corrected chi connectivity index (χ2v) is 13.3. The highest BCUT2D eigenvalue weighted by Gasteiger charge is 2.21. The van der Waals surface area contributed by atoms with Crippen molar-refractivity contribution >= 4 is 34.7 Å². The van der Waals surface area contributed by atoms with Crippen LogP contribution in [-0.2, 0) is 13.1 Å². The Labute approximate surface area is 331 Å². The number of pyridine rings is 2. The summed E-state index contributed by atoms with van der Waals surface area (Å²) in [6.45, 7) is 0.995. The predicted octanol–water partition coefficient (Wildman–Crippen LogP) is 9.28. The van der Waals surface area contributed by atoms with Crippen molar-refractivity contribution < 1.29 is 39.1 Å². The second-order valence-electron chi connectivity index (χ2n) is 13.3. The van der Waals surface area contributed by atoms with Crippen LogP contribution in [0.4, 0.5) is 22.7 Å². The number of methoxy groups -OCH3 is 2. The number of aromatic carboxylic acids is 2. The van der Waals surface area contributed by atoms with Gasteiger partial charge >= 0.3 is 11.9 Å². The number of ether oxygens (including phenoxy) is 3. The summed E-state index contributed by atoms with van der Waals surface area (Å²) in [5, 5.41) is 28.9. The van der Waals surface area contributed by atoms with Gasteiger partial charge in [-0.15, -0.1) is 0 Å². The van der Waals surface area contributed by atoms with Gasteiger partial charge in [0.2, 0.25) is 0 Å². The van der Waals surface area contributed by atoms with Crippen molar-refractivity contribution in [1.82, 2.24) is 9.97 Å². The number of aromatic nitrogens is 2. The molecular weight excluding hydrogens is 725 g/mol. The lowest BCUT2D eigenvalue weighted by Crippen LogP contribution is -2.18. The molecule has 7 rings (SSSR count). The number of benzene rings is 4. The average Bonchev–Trinajstić information content (AvgIpc) is 3.76. The van der Waals surface area contributed by atoms with Gasteiger partial charge in [0, 0.05) is 72.8 Å². The minimum atomic E-state index is -0.995. The monoisotopic (exact) mass is 768 g/mol. The summed E-state index contributed by atoms with van der Waals surface area (Å²) < 4.78 is 16.9. The van der Waals surface area contributed by atoms with E-state index >= 15 is 0 Å². The third kappa shape index (κ3) is 10.4. The molecule has 57 heavy (non-hydrogen) atoms. The molecule has 0 amide bonds. The molecule has 2 aromatic heterocycles. The Morgan fingerprint density at radius 2 is 1.11 bits per heavy atom. The van der Waals surface area contributed by atoms with Crippen LogP contribution in [-0.4, -0.2) is 57.5 Å². The summed E-state index contributed by atoms with van der Waals surface area (Å²) in [6.07, 6.45) is 11.7. The standard InChI is InChI=1S/C25H26N2O4.C20H18N2O4/c1-30-23-12-11-21(15-24(23)31-22-9-2-3-10-22)27(17-18-6-5-13-26-16-18)20-8-4-7-19(14-20)25(28)29;1-26-19-8-7-17(11-18(19)23)22(13-14-4-3-9-21-12-14)16-6-2-5-15(10-16)20(24)25/h4-8,11-16,22H,2-3,9-10,17H2,1H3,(H,28,29);2-12,23H,13H2,1H3,(H,24,25). The Morgan fingerprint density at radius 1 is 0.614 bits per heavy atom. The number of nitrogens with zero attached hydrogens (tertiary/aromatic N) is 4. The minimum Gasteiger partial charge on any atom is -0.504 e. The third-order valence-corrected chi connectivity index (χ3v) is 9.47. The highest BCUT2D eigenvalue weighted by atomic mass is 16.5. The molecule has 0 radical (unpaired) electrons.